The first-order chi connectivity index (χ1) is 20.1. The smallest absolute Gasteiger partial charge is 0.434 e. The van der Waals surface area contributed by atoms with Crippen LogP contribution in [0.15, 0.2) is 65.5 Å². The van der Waals surface area contributed by atoms with E-state index in [0.717, 1.165) is 23.0 Å². The lowest BCUT2D eigenvalue weighted by molar-refractivity contribution is -0.140. The van der Waals surface area contributed by atoms with Gasteiger partial charge in [0.2, 0.25) is 0 Å². The average Bonchev–Trinajstić information content (AvgIpc) is 3.65. The Hall–Kier alpha value is -4.25. The summed E-state index contributed by atoms with van der Waals surface area (Å²) >= 11 is 0. The largest absolute Gasteiger partial charge is 0.459 e. The summed E-state index contributed by atoms with van der Waals surface area (Å²) in [6.45, 7) is 9.31. The van der Waals surface area contributed by atoms with Gasteiger partial charge in [-0.15, -0.1) is 0 Å². The van der Waals surface area contributed by atoms with Gasteiger partial charge in [-0.25, -0.2) is 15.0 Å². The van der Waals surface area contributed by atoms with Gasteiger partial charge in [0.05, 0.1) is 31.2 Å². The minimum absolute atomic E-state index is 0.182. The zero-order valence-corrected chi connectivity index (χ0v) is 23.8. The molecule has 1 aromatic carbocycles. The van der Waals surface area contributed by atoms with Crippen LogP contribution in [0.25, 0.3) is 33.9 Å². The van der Waals surface area contributed by atoms with Crippen molar-refractivity contribution < 1.29 is 22.3 Å². The maximum absolute atomic E-state index is 13.4. The van der Waals surface area contributed by atoms with Crippen LogP contribution in [0.1, 0.15) is 62.6 Å². The van der Waals surface area contributed by atoms with Crippen LogP contribution in [0, 0.1) is 0 Å². The summed E-state index contributed by atoms with van der Waals surface area (Å²) in [5, 5.41) is 0. The number of nitrogens with zero attached hydrogens (tertiary/aromatic N) is 6. The monoisotopic (exact) mass is 576 g/mol. The summed E-state index contributed by atoms with van der Waals surface area (Å²) < 4.78 is 53.6. The Bertz CT molecular complexity index is 1710. The van der Waals surface area contributed by atoms with Crippen LogP contribution in [0.5, 0.6) is 0 Å². The number of alkyl halides is 3. The fourth-order valence-corrected chi connectivity index (χ4v) is 5.35. The van der Waals surface area contributed by atoms with Gasteiger partial charge in [-0.1, -0.05) is 38.1 Å². The molecule has 11 heteroatoms. The Morgan fingerprint density at radius 1 is 0.976 bits per heavy atom. The van der Waals surface area contributed by atoms with E-state index in [1.165, 1.54) is 0 Å². The summed E-state index contributed by atoms with van der Waals surface area (Å²) in [6, 6.07) is 12.7. The molecular weight excluding hydrogens is 545 g/mol. The van der Waals surface area contributed by atoms with E-state index in [1.807, 2.05) is 56.3 Å². The highest BCUT2D eigenvalue weighted by Crippen LogP contribution is 2.37. The Labute approximate surface area is 241 Å². The molecular formula is C31H31F3N6O2. The van der Waals surface area contributed by atoms with E-state index >= 15 is 0 Å². The van der Waals surface area contributed by atoms with Gasteiger partial charge in [0.1, 0.15) is 11.3 Å². The van der Waals surface area contributed by atoms with E-state index in [1.54, 1.807) is 17.0 Å². The number of ether oxygens (including phenoxy) is 1. The van der Waals surface area contributed by atoms with Gasteiger partial charge in [-0.2, -0.15) is 13.2 Å². The number of imidazole rings is 1. The molecule has 1 aliphatic rings. The van der Waals surface area contributed by atoms with Crippen LogP contribution < -0.4 is 4.90 Å². The summed E-state index contributed by atoms with van der Waals surface area (Å²) in [4.78, 5) is 20.5. The SMILES string of the molecule is CC(C)c1ncccc1-c1nc(N2CCOCC2c2ccc(-c3nc(C(F)(F)F)cn3C(C)C)cc2)c2occc2n1. The third-order valence-corrected chi connectivity index (χ3v) is 7.45. The van der Waals surface area contributed by atoms with E-state index in [9.17, 15) is 13.2 Å². The van der Waals surface area contributed by atoms with Crippen LogP contribution >= 0.6 is 0 Å². The standard InChI is InChI=1S/C31H31F3N6O2/c1-18(2)26-22(6-5-12-35-26)28-36-23-11-14-42-27(23)30(38-28)39-13-15-41-17-24(39)20-7-9-21(10-8-20)29-37-25(31(32,33)34)16-40(29)19(3)4/h5-12,14,16,18-19,24H,13,15,17H2,1-4H3. The lowest BCUT2D eigenvalue weighted by atomic mass is 10.0. The van der Waals surface area contributed by atoms with Gasteiger partial charge in [-0.3, -0.25) is 4.98 Å². The highest BCUT2D eigenvalue weighted by atomic mass is 19.4. The fourth-order valence-electron chi connectivity index (χ4n) is 5.35. The number of rotatable bonds is 6. The maximum Gasteiger partial charge on any atom is 0.434 e. The molecule has 5 heterocycles. The Morgan fingerprint density at radius 3 is 2.48 bits per heavy atom. The molecule has 1 atom stereocenters. The van der Waals surface area contributed by atoms with Crippen molar-refractivity contribution in [2.75, 3.05) is 24.7 Å². The second kappa shape index (κ2) is 10.9. The number of furan rings is 1. The number of benzene rings is 1. The first kappa shape index (κ1) is 27.9. The molecule has 0 spiro atoms. The highest BCUT2D eigenvalue weighted by molar-refractivity contribution is 5.86. The van der Waals surface area contributed by atoms with Crippen molar-refractivity contribution in [3.63, 3.8) is 0 Å². The van der Waals surface area contributed by atoms with Crippen molar-refractivity contribution in [1.29, 1.82) is 0 Å². The zero-order chi connectivity index (χ0) is 29.6. The molecule has 0 amide bonds. The van der Waals surface area contributed by atoms with Crippen molar-refractivity contribution in [1.82, 2.24) is 24.5 Å². The Balaban J connectivity index is 1.39. The van der Waals surface area contributed by atoms with Crippen LogP contribution in [-0.4, -0.2) is 44.3 Å². The summed E-state index contributed by atoms with van der Waals surface area (Å²) in [7, 11) is 0. The summed E-state index contributed by atoms with van der Waals surface area (Å²) in [5.74, 6) is 1.68. The molecule has 1 unspecified atom stereocenters. The first-order valence-electron chi connectivity index (χ1n) is 13.9. The van der Waals surface area contributed by atoms with E-state index in [0.29, 0.717) is 48.1 Å². The number of aromatic nitrogens is 5. The highest BCUT2D eigenvalue weighted by Gasteiger charge is 2.35. The number of anilines is 1. The predicted octanol–water partition coefficient (Wildman–Crippen LogP) is 7.45. The normalized spacial score (nSPS) is 16.2. The molecule has 4 aromatic heterocycles. The summed E-state index contributed by atoms with van der Waals surface area (Å²) in [5.41, 5.74) is 3.67. The van der Waals surface area contributed by atoms with E-state index < -0.39 is 11.9 Å². The number of pyridine rings is 1. The lowest BCUT2D eigenvalue weighted by Gasteiger charge is -2.36. The number of hydrogen-bond donors (Lipinski definition) is 0. The molecule has 8 nitrogen and oxygen atoms in total. The van der Waals surface area contributed by atoms with Crippen LogP contribution in [0.4, 0.5) is 19.0 Å². The number of morpholine rings is 1. The van der Waals surface area contributed by atoms with Gasteiger partial charge in [-0.05, 0) is 37.5 Å². The first-order valence-corrected chi connectivity index (χ1v) is 13.9. The number of halogens is 3. The van der Waals surface area contributed by atoms with Crippen molar-refractivity contribution in [2.24, 2.45) is 0 Å². The third kappa shape index (κ3) is 5.13. The van der Waals surface area contributed by atoms with Crippen molar-refractivity contribution in [3.05, 3.63) is 78.1 Å². The second-order valence-corrected chi connectivity index (χ2v) is 11.0. The predicted molar refractivity (Wildman–Crippen MR) is 153 cm³/mol. The molecule has 5 aromatic rings. The van der Waals surface area contributed by atoms with Crippen LogP contribution in [-0.2, 0) is 10.9 Å². The van der Waals surface area contributed by atoms with Gasteiger partial charge in [0.25, 0.3) is 0 Å². The van der Waals surface area contributed by atoms with Crippen LogP contribution in [0.3, 0.4) is 0 Å². The minimum Gasteiger partial charge on any atom is -0.459 e. The van der Waals surface area contributed by atoms with E-state index in [-0.39, 0.29) is 23.8 Å². The molecule has 218 valence electrons. The second-order valence-electron chi connectivity index (χ2n) is 11.0. The zero-order valence-electron chi connectivity index (χ0n) is 23.8. The van der Waals surface area contributed by atoms with E-state index in [2.05, 4.69) is 28.7 Å². The molecule has 1 fully saturated rings. The molecule has 0 radical (unpaired) electrons. The molecule has 0 aliphatic carbocycles. The van der Waals surface area contributed by atoms with Gasteiger partial charge in [0, 0.05) is 42.2 Å². The molecule has 42 heavy (non-hydrogen) atoms. The average molecular weight is 577 g/mol. The molecule has 0 saturated carbocycles. The molecule has 1 saturated heterocycles. The van der Waals surface area contributed by atoms with E-state index in [4.69, 9.17) is 19.1 Å². The van der Waals surface area contributed by atoms with Crippen LogP contribution in [0.2, 0.25) is 0 Å². The molecule has 1 aliphatic heterocycles. The topological polar surface area (TPSA) is 82.1 Å². The fraction of sp³-hybridized carbons (Fsp3) is 0.355. The molecule has 0 N–H and O–H groups in total. The maximum atomic E-state index is 13.4. The van der Waals surface area contributed by atoms with Crippen molar-refractivity contribution in [2.45, 2.75) is 51.9 Å². The van der Waals surface area contributed by atoms with Crippen molar-refractivity contribution in [3.8, 4) is 22.8 Å². The molecule has 0 bridgehead atoms. The third-order valence-electron chi connectivity index (χ3n) is 7.45. The summed E-state index contributed by atoms with van der Waals surface area (Å²) in [6.07, 6.45) is -0.0716. The number of hydrogen-bond acceptors (Lipinski definition) is 7. The van der Waals surface area contributed by atoms with Gasteiger partial charge in [0.15, 0.2) is 22.9 Å². The minimum atomic E-state index is -4.52. The van der Waals surface area contributed by atoms with Gasteiger partial charge < -0.3 is 18.6 Å². The Kier molecular flexibility index (Phi) is 7.22. The number of fused-ring (bicyclic) bond motifs is 1. The molecule has 6 rings (SSSR count). The quantitative estimate of drug-likeness (QED) is 0.208. The van der Waals surface area contributed by atoms with Crippen molar-refractivity contribution >= 4 is 16.9 Å². The lowest BCUT2D eigenvalue weighted by Crippen LogP contribution is -2.40. The Morgan fingerprint density at radius 2 is 1.76 bits per heavy atom. The van der Waals surface area contributed by atoms with Gasteiger partial charge >= 0.3 is 6.18 Å².